The van der Waals surface area contributed by atoms with E-state index in [1.165, 1.54) is 28.6 Å². The number of piperazine rings is 1. The summed E-state index contributed by atoms with van der Waals surface area (Å²) in [6.07, 6.45) is 0. The van der Waals surface area contributed by atoms with Crippen LogP contribution in [0.25, 0.3) is 11.5 Å². The Morgan fingerprint density at radius 3 is 2.36 bits per heavy atom. The van der Waals surface area contributed by atoms with E-state index in [1.807, 2.05) is 35.2 Å². The van der Waals surface area contributed by atoms with Gasteiger partial charge >= 0.3 is 5.97 Å². The second-order valence-electron chi connectivity index (χ2n) is 7.29. The minimum Gasteiger partial charge on any atom is -0.462 e. The fourth-order valence-electron chi connectivity index (χ4n) is 3.56. The molecule has 1 aliphatic heterocycles. The van der Waals surface area contributed by atoms with Gasteiger partial charge in [0.05, 0.1) is 17.1 Å². The van der Waals surface area contributed by atoms with Gasteiger partial charge < -0.3 is 14.1 Å². The van der Waals surface area contributed by atoms with Crippen LogP contribution < -0.4 is 4.90 Å². The summed E-state index contributed by atoms with van der Waals surface area (Å²) in [5.41, 5.74) is 1.22. The van der Waals surface area contributed by atoms with Crippen molar-refractivity contribution in [3.63, 3.8) is 0 Å². The van der Waals surface area contributed by atoms with Gasteiger partial charge in [0.25, 0.3) is 0 Å². The van der Waals surface area contributed by atoms with E-state index in [2.05, 4.69) is 11.1 Å². The van der Waals surface area contributed by atoms with Crippen LogP contribution in [-0.4, -0.2) is 56.5 Å². The molecule has 0 unspecified atom stereocenters. The molecule has 0 radical (unpaired) electrons. The van der Waals surface area contributed by atoms with Crippen LogP contribution in [0, 0.1) is 11.3 Å². The lowest BCUT2D eigenvalue weighted by molar-refractivity contribution is 0.0526. The maximum absolute atomic E-state index is 13.1. The number of hydrogen-bond acceptors (Lipinski definition) is 8. The number of ether oxygens (including phenoxy) is 1. The van der Waals surface area contributed by atoms with E-state index in [9.17, 15) is 18.5 Å². The first-order valence-corrected chi connectivity index (χ1v) is 11.9. The molecule has 1 aromatic heterocycles. The van der Waals surface area contributed by atoms with Crippen molar-refractivity contribution >= 4 is 21.9 Å². The first-order valence-electron chi connectivity index (χ1n) is 10.4. The van der Waals surface area contributed by atoms with Crippen molar-refractivity contribution in [1.82, 2.24) is 9.29 Å². The minimum atomic E-state index is -3.73. The Morgan fingerprint density at radius 1 is 1.09 bits per heavy atom. The van der Waals surface area contributed by atoms with Gasteiger partial charge in [0.2, 0.25) is 27.5 Å². The lowest BCUT2D eigenvalue weighted by Crippen LogP contribution is -2.48. The molecule has 170 valence electrons. The number of nitrogens with zero attached hydrogens (tertiary/aromatic N) is 4. The lowest BCUT2D eigenvalue weighted by Gasteiger charge is -2.33. The van der Waals surface area contributed by atoms with Crippen LogP contribution in [0.3, 0.4) is 0 Å². The van der Waals surface area contributed by atoms with Crippen molar-refractivity contribution in [2.45, 2.75) is 11.8 Å². The topological polar surface area (TPSA) is 117 Å². The molecule has 1 fully saturated rings. The molecule has 2 heterocycles. The summed E-state index contributed by atoms with van der Waals surface area (Å²) in [5.74, 6) is 0.191. The van der Waals surface area contributed by atoms with Crippen molar-refractivity contribution < 1.29 is 22.4 Å². The summed E-state index contributed by atoms with van der Waals surface area (Å²) >= 11 is 0. The SMILES string of the molecule is CCOC(=O)c1ccc(S(=O)(=O)N2CCN(c3oc(-c4ccccc4)nc3C#N)CC2)cc1. The second kappa shape index (κ2) is 9.44. The van der Waals surface area contributed by atoms with Gasteiger partial charge in [-0.15, -0.1) is 0 Å². The molecule has 0 saturated carbocycles. The van der Waals surface area contributed by atoms with Gasteiger partial charge in [0.15, 0.2) is 0 Å². The zero-order chi connectivity index (χ0) is 23.4. The van der Waals surface area contributed by atoms with E-state index in [0.29, 0.717) is 30.4 Å². The van der Waals surface area contributed by atoms with Crippen LogP contribution in [0.15, 0.2) is 63.9 Å². The number of carbonyl (C=O) groups is 1. The van der Waals surface area contributed by atoms with Crippen LogP contribution in [0.2, 0.25) is 0 Å². The first kappa shape index (κ1) is 22.5. The molecule has 3 aromatic rings. The maximum atomic E-state index is 13.1. The number of benzene rings is 2. The van der Waals surface area contributed by atoms with E-state index in [4.69, 9.17) is 9.15 Å². The third-order valence-corrected chi connectivity index (χ3v) is 7.18. The highest BCUT2D eigenvalue weighted by Gasteiger charge is 2.31. The minimum absolute atomic E-state index is 0.104. The number of rotatable bonds is 6. The molecule has 1 saturated heterocycles. The van der Waals surface area contributed by atoms with E-state index >= 15 is 0 Å². The van der Waals surface area contributed by atoms with Crippen molar-refractivity contribution in [2.24, 2.45) is 0 Å². The fourth-order valence-corrected chi connectivity index (χ4v) is 4.98. The number of nitriles is 1. The largest absolute Gasteiger partial charge is 0.462 e. The Hall–Kier alpha value is -3.68. The first-order chi connectivity index (χ1) is 15.9. The second-order valence-corrected chi connectivity index (χ2v) is 9.22. The number of oxazole rings is 1. The van der Waals surface area contributed by atoms with Gasteiger partial charge in [-0.2, -0.15) is 14.6 Å². The number of sulfonamides is 1. The monoisotopic (exact) mass is 466 g/mol. The summed E-state index contributed by atoms with van der Waals surface area (Å²) in [6.45, 7) is 3.07. The predicted molar refractivity (Wildman–Crippen MR) is 120 cm³/mol. The van der Waals surface area contributed by atoms with Crippen LogP contribution in [0.4, 0.5) is 5.88 Å². The van der Waals surface area contributed by atoms with E-state index in [-0.39, 0.29) is 30.3 Å². The van der Waals surface area contributed by atoms with Crippen molar-refractivity contribution in [3.05, 3.63) is 65.9 Å². The average molecular weight is 467 g/mol. The normalized spacial score (nSPS) is 14.6. The molecule has 2 aromatic carbocycles. The van der Waals surface area contributed by atoms with Crippen LogP contribution in [0.5, 0.6) is 0 Å². The van der Waals surface area contributed by atoms with Crippen molar-refractivity contribution in [1.29, 1.82) is 5.26 Å². The zero-order valence-electron chi connectivity index (χ0n) is 18.0. The van der Waals surface area contributed by atoms with Gasteiger partial charge in [0.1, 0.15) is 6.07 Å². The summed E-state index contributed by atoms with van der Waals surface area (Å²) in [7, 11) is -3.73. The Balaban J connectivity index is 1.47. The fraction of sp³-hybridized carbons (Fsp3) is 0.261. The molecule has 0 amide bonds. The highest BCUT2D eigenvalue weighted by Crippen LogP contribution is 2.29. The molecule has 9 nitrogen and oxygen atoms in total. The van der Waals surface area contributed by atoms with E-state index < -0.39 is 16.0 Å². The molecule has 1 aliphatic rings. The molecule has 0 bridgehead atoms. The molecule has 0 atom stereocenters. The molecular weight excluding hydrogens is 444 g/mol. The summed E-state index contributed by atoms with van der Waals surface area (Å²) in [6, 6.07) is 17.0. The molecule has 0 spiro atoms. The molecule has 0 N–H and O–H groups in total. The third kappa shape index (κ3) is 4.60. The summed E-state index contributed by atoms with van der Waals surface area (Å²) < 4.78 is 38.3. The standard InChI is InChI=1S/C23H22N4O5S/c1-2-31-23(28)18-8-10-19(11-9-18)33(29,30)27-14-12-26(13-15-27)22-20(16-24)25-21(32-22)17-6-4-3-5-7-17/h3-11H,2,12-15H2,1H3. The molecule has 0 aliphatic carbocycles. The Bertz CT molecular complexity index is 1270. The number of anilines is 1. The average Bonchev–Trinajstić information content (AvgIpc) is 3.29. The van der Waals surface area contributed by atoms with Crippen LogP contribution in [-0.2, 0) is 14.8 Å². The number of carbonyl (C=O) groups excluding carboxylic acids is 1. The number of hydrogen-bond donors (Lipinski definition) is 0. The van der Waals surface area contributed by atoms with Crippen LogP contribution >= 0.6 is 0 Å². The van der Waals surface area contributed by atoms with Gasteiger partial charge in [-0.05, 0) is 43.3 Å². The molecule has 4 rings (SSSR count). The Labute approximate surface area is 191 Å². The lowest BCUT2D eigenvalue weighted by atomic mass is 10.2. The van der Waals surface area contributed by atoms with E-state index in [1.54, 1.807) is 6.92 Å². The van der Waals surface area contributed by atoms with Crippen molar-refractivity contribution in [3.8, 4) is 17.5 Å². The van der Waals surface area contributed by atoms with Crippen molar-refractivity contribution in [2.75, 3.05) is 37.7 Å². The van der Waals surface area contributed by atoms with Gasteiger partial charge in [-0.1, -0.05) is 18.2 Å². The Morgan fingerprint density at radius 2 is 1.76 bits per heavy atom. The highest BCUT2D eigenvalue weighted by atomic mass is 32.2. The predicted octanol–water partition coefficient (Wildman–Crippen LogP) is 2.90. The third-order valence-electron chi connectivity index (χ3n) is 5.26. The quantitative estimate of drug-likeness (QED) is 0.509. The number of aromatic nitrogens is 1. The Kier molecular flexibility index (Phi) is 6.44. The van der Waals surface area contributed by atoms with Gasteiger partial charge in [-0.25, -0.2) is 13.2 Å². The van der Waals surface area contributed by atoms with Gasteiger partial charge in [0, 0.05) is 31.7 Å². The molecular formula is C23H22N4O5S. The maximum Gasteiger partial charge on any atom is 0.338 e. The number of esters is 1. The van der Waals surface area contributed by atoms with Crippen LogP contribution in [0.1, 0.15) is 23.0 Å². The van der Waals surface area contributed by atoms with E-state index in [0.717, 1.165) is 5.56 Å². The zero-order valence-corrected chi connectivity index (χ0v) is 18.8. The summed E-state index contributed by atoms with van der Waals surface area (Å²) in [5, 5.41) is 9.50. The van der Waals surface area contributed by atoms with Gasteiger partial charge in [-0.3, -0.25) is 0 Å². The molecule has 33 heavy (non-hydrogen) atoms. The smallest absolute Gasteiger partial charge is 0.338 e. The summed E-state index contributed by atoms with van der Waals surface area (Å²) in [4.78, 5) is 18.0. The highest BCUT2D eigenvalue weighted by molar-refractivity contribution is 7.89. The molecule has 10 heteroatoms.